The summed E-state index contributed by atoms with van der Waals surface area (Å²) in [5.74, 6) is 0. The number of furan rings is 1. The van der Waals surface area contributed by atoms with Gasteiger partial charge in [0.05, 0.1) is 5.56 Å². The van der Waals surface area contributed by atoms with Crippen LogP contribution >= 0.6 is 0 Å². The molecule has 0 bridgehead atoms. The second kappa shape index (κ2) is 7.06. The quantitative estimate of drug-likeness (QED) is 0.268. The van der Waals surface area contributed by atoms with E-state index in [2.05, 4.69) is 117 Å². The van der Waals surface area contributed by atoms with Crippen LogP contribution < -0.4 is 4.57 Å². The molecule has 2 nitrogen and oxygen atoms in total. The summed E-state index contributed by atoms with van der Waals surface area (Å²) < 4.78 is 8.82. The van der Waals surface area contributed by atoms with E-state index in [1.54, 1.807) is 0 Å². The molecule has 0 saturated carbocycles. The summed E-state index contributed by atoms with van der Waals surface area (Å²) >= 11 is 0. The summed E-state index contributed by atoms with van der Waals surface area (Å²) in [6.45, 7) is 4.29. The number of aryl methyl sites for hydroxylation is 3. The van der Waals surface area contributed by atoms with E-state index in [4.69, 9.17) is 4.42 Å². The smallest absolute Gasteiger partial charge is 0.216 e. The molecule has 0 amide bonds. The van der Waals surface area contributed by atoms with Gasteiger partial charge in [-0.3, -0.25) is 0 Å². The van der Waals surface area contributed by atoms with E-state index in [0.29, 0.717) is 0 Å². The minimum atomic E-state index is 0.952. The molecule has 0 aliphatic heterocycles. The van der Waals surface area contributed by atoms with Gasteiger partial charge in [0.1, 0.15) is 18.2 Å². The van der Waals surface area contributed by atoms with Gasteiger partial charge in [-0.1, -0.05) is 72.3 Å². The number of hydrogen-bond acceptors (Lipinski definition) is 1. The Bertz CT molecular complexity index is 1640. The normalized spacial score (nSPS) is 11.6. The highest BCUT2D eigenvalue weighted by atomic mass is 16.3. The van der Waals surface area contributed by atoms with Crippen molar-refractivity contribution in [2.75, 3.05) is 0 Å². The van der Waals surface area contributed by atoms with Crippen LogP contribution in [0.3, 0.4) is 0 Å². The van der Waals surface area contributed by atoms with Gasteiger partial charge in [0, 0.05) is 28.3 Å². The maximum Gasteiger partial charge on any atom is 0.216 e. The van der Waals surface area contributed by atoms with Crippen molar-refractivity contribution in [3.8, 4) is 22.4 Å². The summed E-state index contributed by atoms with van der Waals surface area (Å²) in [5, 5.41) is 4.68. The average molecular weight is 415 g/mol. The van der Waals surface area contributed by atoms with Crippen LogP contribution in [0.25, 0.3) is 55.1 Å². The Balaban J connectivity index is 1.65. The fraction of sp³-hybridized carbons (Fsp3) is 0.100. The van der Waals surface area contributed by atoms with Crippen LogP contribution in [0.5, 0.6) is 0 Å². The van der Waals surface area contributed by atoms with Gasteiger partial charge < -0.3 is 4.42 Å². The molecule has 4 aromatic carbocycles. The number of benzene rings is 4. The molecule has 154 valence electrons. The standard InChI is InChI=1S/C30H24NO/c1-19-8-11-21(12-9-19)23-16-17-31(3)27(18-23)28-20(2)10-14-26-25-15-13-22-6-4-5-7-24(22)29(25)32-30(26)28/h4-18H,1-3H3/q+1. The molecule has 0 aliphatic rings. The first kappa shape index (κ1) is 18.8. The van der Waals surface area contributed by atoms with Crippen LogP contribution in [0.1, 0.15) is 11.1 Å². The van der Waals surface area contributed by atoms with Crippen molar-refractivity contribution in [2.24, 2.45) is 7.05 Å². The lowest BCUT2D eigenvalue weighted by atomic mass is 9.97. The molecule has 0 unspecified atom stereocenters. The number of hydrogen-bond donors (Lipinski definition) is 0. The number of nitrogens with zero attached hydrogens (tertiary/aromatic N) is 1. The second-order valence-corrected chi connectivity index (χ2v) is 8.68. The topological polar surface area (TPSA) is 17.0 Å². The first-order chi connectivity index (χ1) is 15.6. The van der Waals surface area contributed by atoms with E-state index in [9.17, 15) is 0 Å². The molecule has 0 fully saturated rings. The Labute approximate surface area is 187 Å². The van der Waals surface area contributed by atoms with Gasteiger partial charge in [0.15, 0.2) is 6.20 Å². The van der Waals surface area contributed by atoms with Crippen LogP contribution in [0.15, 0.2) is 95.5 Å². The fourth-order valence-electron chi connectivity index (χ4n) is 4.73. The zero-order chi connectivity index (χ0) is 21.8. The van der Waals surface area contributed by atoms with Crippen molar-refractivity contribution in [1.82, 2.24) is 0 Å². The molecule has 32 heavy (non-hydrogen) atoms. The molecular formula is C30H24NO+. The Hall–Kier alpha value is -3.91. The third-order valence-electron chi connectivity index (χ3n) is 6.53. The maximum absolute atomic E-state index is 6.64. The molecule has 2 aromatic heterocycles. The van der Waals surface area contributed by atoms with Crippen LogP contribution in [0.2, 0.25) is 0 Å². The van der Waals surface area contributed by atoms with Gasteiger partial charge in [-0.15, -0.1) is 0 Å². The van der Waals surface area contributed by atoms with Crippen molar-refractivity contribution >= 4 is 32.7 Å². The minimum absolute atomic E-state index is 0.952. The molecule has 6 rings (SSSR count). The van der Waals surface area contributed by atoms with E-state index in [1.807, 2.05) is 0 Å². The predicted molar refractivity (Wildman–Crippen MR) is 133 cm³/mol. The van der Waals surface area contributed by atoms with Gasteiger partial charge in [0.2, 0.25) is 5.69 Å². The van der Waals surface area contributed by atoms with Crippen LogP contribution in [-0.4, -0.2) is 0 Å². The number of fused-ring (bicyclic) bond motifs is 5. The molecule has 0 N–H and O–H groups in total. The number of aromatic nitrogens is 1. The summed E-state index contributed by atoms with van der Waals surface area (Å²) in [7, 11) is 2.10. The van der Waals surface area contributed by atoms with Gasteiger partial charge >= 0.3 is 0 Å². The molecular weight excluding hydrogens is 390 g/mol. The molecule has 6 aromatic rings. The monoisotopic (exact) mass is 414 g/mol. The van der Waals surface area contributed by atoms with Crippen molar-refractivity contribution in [2.45, 2.75) is 13.8 Å². The molecule has 0 radical (unpaired) electrons. The van der Waals surface area contributed by atoms with E-state index in [-0.39, 0.29) is 0 Å². The lowest BCUT2D eigenvalue weighted by Crippen LogP contribution is -2.30. The Morgan fingerprint density at radius 1 is 0.656 bits per heavy atom. The van der Waals surface area contributed by atoms with E-state index in [0.717, 1.165) is 38.6 Å². The van der Waals surface area contributed by atoms with Gasteiger partial charge in [-0.25, -0.2) is 4.57 Å². The SMILES string of the molecule is Cc1ccc(-c2cc[n+](C)c(-c3c(C)ccc4c3oc3c5ccccc5ccc43)c2)cc1. The third-order valence-corrected chi connectivity index (χ3v) is 6.53. The molecule has 0 saturated heterocycles. The van der Waals surface area contributed by atoms with Gasteiger partial charge in [0.25, 0.3) is 0 Å². The highest BCUT2D eigenvalue weighted by molar-refractivity contribution is 6.17. The zero-order valence-electron chi connectivity index (χ0n) is 18.5. The Morgan fingerprint density at radius 2 is 1.41 bits per heavy atom. The fourth-order valence-corrected chi connectivity index (χ4v) is 4.73. The van der Waals surface area contributed by atoms with Gasteiger partial charge in [-0.2, -0.15) is 0 Å². The van der Waals surface area contributed by atoms with Crippen molar-refractivity contribution in [3.63, 3.8) is 0 Å². The van der Waals surface area contributed by atoms with Crippen molar-refractivity contribution < 1.29 is 8.98 Å². The van der Waals surface area contributed by atoms with Crippen LogP contribution in [0, 0.1) is 13.8 Å². The first-order valence-electron chi connectivity index (χ1n) is 11.0. The zero-order valence-corrected chi connectivity index (χ0v) is 18.5. The lowest BCUT2D eigenvalue weighted by molar-refractivity contribution is -0.660. The molecule has 0 aliphatic carbocycles. The summed E-state index contributed by atoms with van der Waals surface area (Å²) in [4.78, 5) is 0. The highest BCUT2D eigenvalue weighted by Crippen LogP contribution is 2.40. The van der Waals surface area contributed by atoms with Gasteiger partial charge in [-0.05, 0) is 42.0 Å². The van der Waals surface area contributed by atoms with E-state index in [1.165, 1.54) is 27.6 Å². The van der Waals surface area contributed by atoms with E-state index >= 15 is 0 Å². The first-order valence-corrected chi connectivity index (χ1v) is 11.0. The lowest BCUT2D eigenvalue weighted by Gasteiger charge is -2.08. The van der Waals surface area contributed by atoms with Crippen molar-refractivity contribution in [1.29, 1.82) is 0 Å². The van der Waals surface area contributed by atoms with Crippen molar-refractivity contribution in [3.05, 3.63) is 102 Å². The molecule has 2 heteroatoms. The highest BCUT2D eigenvalue weighted by Gasteiger charge is 2.22. The predicted octanol–water partition coefficient (Wildman–Crippen LogP) is 7.51. The molecule has 0 atom stereocenters. The molecule has 2 heterocycles. The second-order valence-electron chi connectivity index (χ2n) is 8.68. The minimum Gasteiger partial charge on any atom is -0.454 e. The Kier molecular flexibility index (Phi) is 4.16. The summed E-state index contributed by atoms with van der Waals surface area (Å²) in [5.41, 5.74) is 9.11. The maximum atomic E-state index is 6.64. The molecule has 0 spiro atoms. The average Bonchev–Trinajstić information content (AvgIpc) is 3.19. The summed E-state index contributed by atoms with van der Waals surface area (Å²) in [6.07, 6.45) is 2.14. The number of pyridine rings is 1. The Morgan fingerprint density at radius 3 is 2.25 bits per heavy atom. The van der Waals surface area contributed by atoms with Crippen LogP contribution in [-0.2, 0) is 7.05 Å². The third kappa shape index (κ3) is 2.84. The largest absolute Gasteiger partial charge is 0.454 e. The van der Waals surface area contributed by atoms with E-state index < -0.39 is 0 Å². The van der Waals surface area contributed by atoms with Crippen LogP contribution in [0.4, 0.5) is 0 Å². The summed E-state index contributed by atoms with van der Waals surface area (Å²) in [6, 6.07) is 30.4. The number of rotatable bonds is 2.